The van der Waals surface area contributed by atoms with Crippen LogP contribution in [0.4, 0.5) is 0 Å². The Morgan fingerprint density at radius 1 is 1.30 bits per heavy atom. The maximum atomic E-state index is 12.4. The van der Waals surface area contributed by atoms with Gasteiger partial charge in [0.25, 0.3) is 10.0 Å². The molecule has 0 aliphatic carbocycles. The maximum Gasteiger partial charge on any atom is 0.252 e. The van der Waals surface area contributed by atoms with Gasteiger partial charge in [0.1, 0.15) is 10.0 Å². The van der Waals surface area contributed by atoms with Crippen LogP contribution < -0.4 is 5.32 Å². The number of aryl methyl sites for hydroxylation is 1. The smallest absolute Gasteiger partial charge is 0.252 e. The SMILES string of the molecule is Cc1nc2ccccc2n1CCNC(=O)CN(C)S(=O)(=O)c1ccc(Cl)s1. The molecule has 7 nitrogen and oxygen atoms in total. The summed E-state index contributed by atoms with van der Waals surface area (Å²) in [6.45, 7) is 2.57. The average Bonchev–Trinajstić information content (AvgIpc) is 3.19. The number of imidazole rings is 1. The number of halogens is 1. The molecular formula is C17H19ClN4O3S2. The summed E-state index contributed by atoms with van der Waals surface area (Å²) >= 11 is 6.76. The third kappa shape index (κ3) is 4.32. The van der Waals surface area contributed by atoms with Crippen molar-refractivity contribution < 1.29 is 13.2 Å². The summed E-state index contributed by atoms with van der Waals surface area (Å²) in [5.74, 6) is 0.491. The summed E-state index contributed by atoms with van der Waals surface area (Å²) in [5, 5.41) is 2.76. The lowest BCUT2D eigenvalue weighted by Gasteiger charge is -2.16. The van der Waals surface area contributed by atoms with E-state index in [2.05, 4.69) is 10.3 Å². The fourth-order valence-corrected chi connectivity index (χ4v) is 5.54. The first-order valence-electron chi connectivity index (χ1n) is 8.19. The molecule has 3 rings (SSSR count). The van der Waals surface area contributed by atoms with Gasteiger partial charge in [0.15, 0.2) is 0 Å². The molecule has 144 valence electrons. The number of carbonyl (C=O) groups is 1. The van der Waals surface area contributed by atoms with E-state index in [1.54, 1.807) is 0 Å². The first kappa shape index (κ1) is 19.8. The summed E-state index contributed by atoms with van der Waals surface area (Å²) < 4.78 is 28.4. The van der Waals surface area contributed by atoms with Crippen LogP contribution in [0.15, 0.2) is 40.6 Å². The summed E-state index contributed by atoms with van der Waals surface area (Å²) in [5.41, 5.74) is 1.90. The van der Waals surface area contributed by atoms with Crippen LogP contribution in [0.3, 0.4) is 0 Å². The van der Waals surface area contributed by atoms with Crippen LogP contribution in [0.2, 0.25) is 4.34 Å². The standard InChI is InChI=1S/C17H19ClN4O3S2/c1-12-20-13-5-3-4-6-14(13)22(12)10-9-19-16(23)11-21(2)27(24,25)17-8-7-15(18)26-17/h3-8H,9-11H2,1-2H3,(H,19,23). The predicted octanol–water partition coefficient (Wildman–Crippen LogP) is 2.50. The quantitative estimate of drug-likeness (QED) is 0.629. The molecule has 0 saturated carbocycles. The van der Waals surface area contributed by atoms with Crippen molar-refractivity contribution in [2.24, 2.45) is 0 Å². The molecule has 0 unspecified atom stereocenters. The van der Waals surface area contributed by atoms with Gasteiger partial charge < -0.3 is 9.88 Å². The van der Waals surface area contributed by atoms with Crippen LogP contribution in [-0.2, 0) is 21.4 Å². The second kappa shape index (κ2) is 7.97. The second-order valence-electron chi connectivity index (χ2n) is 5.97. The number of hydrogen-bond donors (Lipinski definition) is 1. The molecule has 0 aliphatic rings. The Bertz CT molecular complexity index is 1070. The lowest BCUT2D eigenvalue weighted by molar-refractivity contribution is -0.121. The Kier molecular flexibility index (Phi) is 5.85. The fraction of sp³-hybridized carbons (Fsp3) is 0.294. The van der Waals surface area contributed by atoms with Gasteiger partial charge in [-0.05, 0) is 31.2 Å². The van der Waals surface area contributed by atoms with E-state index < -0.39 is 10.0 Å². The zero-order valence-corrected chi connectivity index (χ0v) is 17.2. The van der Waals surface area contributed by atoms with Gasteiger partial charge in [-0.25, -0.2) is 13.4 Å². The Labute approximate surface area is 166 Å². The van der Waals surface area contributed by atoms with Crippen molar-refractivity contribution in [2.45, 2.75) is 17.7 Å². The van der Waals surface area contributed by atoms with Crippen molar-refractivity contribution in [3.63, 3.8) is 0 Å². The molecule has 1 aromatic carbocycles. The van der Waals surface area contributed by atoms with E-state index in [1.165, 1.54) is 19.2 Å². The molecule has 1 amide bonds. The molecule has 2 aromatic heterocycles. The van der Waals surface area contributed by atoms with Gasteiger partial charge in [-0.1, -0.05) is 23.7 Å². The zero-order valence-electron chi connectivity index (χ0n) is 14.8. The molecule has 1 N–H and O–H groups in total. The highest BCUT2D eigenvalue weighted by molar-refractivity contribution is 7.91. The fourth-order valence-electron chi connectivity index (χ4n) is 2.72. The van der Waals surface area contributed by atoms with E-state index in [4.69, 9.17) is 11.6 Å². The number of fused-ring (bicyclic) bond motifs is 1. The number of aromatic nitrogens is 2. The van der Waals surface area contributed by atoms with Gasteiger partial charge in [0.2, 0.25) is 5.91 Å². The van der Waals surface area contributed by atoms with Crippen molar-refractivity contribution in [3.8, 4) is 0 Å². The highest BCUT2D eigenvalue weighted by Crippen LogP contribution is 2.27. The Hall–Kier alpha value is -1.94. The summed E-state index contributed by atoms with van der Waals surface area (Å²) in [6, 6.07) is 10.7. The van der Waals surface area contributed by atoms with Crippen molar-refractivity contribution in [3.05, 3.63) is 46.6 Å². The molecular weight excluding hydrogens is 408 g/mol. The van der Waals surface area contributed by atoms with Crippen molar-refractivity contribution >= 4 is 49.9 Å². The Morgan fingerprint density at radius 2 is 2.04 bits per heavy atom. The number of nitrogens with zero attached hydrogens (tertiary/aromatic N) is 3. The monoisotopic (exact) mass is 426 g/mol. The minimum Gasteiger partial charge on any atom is -0.353 e. The molecule has 0 aliphatic heterocycles. The van der Waals surface area contributed by atoms with E-state index in [-0.39, 0.29) is 16.7 Å². The molecule has 0 bridgehead atoms. The third-order valence-electron chi connectivity index (χ3n) is 4.08. The number of rotatable bonds is 7. The molecule has 0 atom stereocenters. The van der Waals surface area contributed by atoms with Crippen LogP contribution in [0.5, 0.6) is 0 Å². The van der Waals surface area contributed by atoms with Crippen molar-refractivity contribution in [1.82, 2.24) is 19.2 Å². The van der Waals surface area contributed by atoms with Gasteiger partial charge in [-0.2, -0.15) is 4.31 Å². The topological polar surface area (TPSA) is 84.3 Å². The molecule has 3 aromatic rings. The van der Waals surface area contributed by atoms with Crippen LogP contribution in [0, 0.1) is 6.92 Å². The number of para-hydroxylation sites is 2. The van der Waals surface area contributed by atoms with Crippen LogP contribution in [0.25, 0.3) is 11.0 Å². The summed E-state index contributed by atoms with van der Waals surface area (Å²) in [7, 11) is -2.35. The van der Waals surface area contributed by atoms with Crippen LogP contribution >= 0.6 is 22.9 Å². The van der Waals surface area contributed by atoms with E-state index in [0.717, 1.165) is 32.5 Å². The van der Waals surface area contributed by atoms with Crippen LogP contribution in [0.1, 0.15) is 5.82 Å². The zero-order chi connectivity index (χ0) is 19.6. The Morgan fingerprint density at radius 3 is 2.74 bits per heavy atom. The highest BCUT2D eigenvalue weighted by Gasteiger charge is 2.24. The van der Waals surface area contributed by atoms with E-state index in [9.17, 15) is 13.2 Å². The van der Waals surface area contributed by atoms with Crippen molar-refractivity contribution in [1.29, 1.82) is 0 Å². The number of nitrogens with one attached hydrogen (secondary N) is 1. The molecule has 27 heavy (non-hydrogen) atoms. The molecule has 0 spiro atoms. The molecule has 10 heteroatoms. The van der Waals surface area contributed by atoms with Gasteiger partial charge in [-0.3, -0.25) is 4.79 Å². The molecule has 2 heterocycles. The largest absolute Gasteiger partial charge is 0.353 e. The van der Waals surface area contributed by atoms with E-state index in [0.29, 0.717) is 17.4 Å². The maximum absolute atomic E-state index is 12.4. The number of amides is 1. The van der Waals surface area contributed by atoms with Gasteiger partial charge in [-0.15, -0.1) is 11.3 Å². The normalized spacial score (nSPS) is 12.0. The highest BCUT2D eigenvalue weighted by atomic mass is 35.5. The lowest BCUT2D eigenvalue weighted by Crippen LogP contribution is -2.39. The number of hydrogen-bond acceptors (Lipinski definition) is 5. The minimum absolute atomic E-state index is 0.114. The predicted molar refractivity (Wildman–Crippen MR) is 107 cm³/mol. The number of likely N-dealkylation sites (N-methyl/N-ethyl adjacent to an activating group) is 1. The summed E-state index contributed by atoms with van der Waals surface area (Å²) in [4.78, 5) is 16.6. The molecule has 0 fully saturated rings. The molecule has 0 saturated heterocycles. The molecule has 0 radical (unpaired) electrons. The second-order valence-corrected chi connectivity index (χ2v) is 9.96. The van der Waals surface area contributed by atoms with Gasteiger partial charge in [0, 0.05) is 20.1 Å². The van der Waals surface area contributed by atoms with Crippen molar-refractivity contribution in [2.75, 3.05) is 20.1 Å². The minimum atomic E-state index is -3.73. The van der Waals surface area contributed by atoms with Gasteiger partial charge >= 0.3 is 0 Å². The average molecular weight is 427 g/mol. The first-order valence-corrected chi connectivity index (χ1v) is 10.8. The first-order chi connectivity index (χ1) is 12.8. The number of carbonyl (C=O) groups excluding carboxylic acids is 1. The summed E-state index contributed by atoms with van der Waals surface area (Å²) in [6.07, 6.45) is 0. The van der Waals surface area contributed by atoms with Crippen LogP contribution in [-0.4, -0.2) is 48.3 Å². The number of benzene rings is 1. The Balaban J connectivity index is 1.57. The third-order valence-corrected chi connectivity index (χ3v) is 7.58. The van der Waals surface area contributed by atoms with E-state index in [1.807, 2.05) is 35.8 Å². The van der Waals surface area contributed by atoms with Gasteiger partial charge in [0.05, 0.1) is 21.9 Å². The van der Waals surface area contributed by atoms with E-state index >= 15 is 0 Å². The number of sulfonamides is 1. The number of thiophene rings is 1. The lowest BCUT2D eigenvalue weighted by atomic mass is 10.3.